The summed E-state index contributed by atoms with van der Waals surface area (Å²) in [5.74, 6) is -2.24. The number of aromatic nitrogens is 2. The standard InChI is InChI=1S/C16H11F2N3O/c17-11-6-7-12(18)14(21-9-8-20-16(21)19)13(11)15(22)10-4-2-1-3-5-10/h1-9H,(H2,19,20). The summed E-state index contributed by atoms with van der Waals surface area (Å²) in [4.78, 5) is 16.3. The van der Waals surface area contributed by atoms with E-state index in [0.717, 1.165) is 16.7 Å². The summed E-state index contributed by atoms with van der Waals surface area (Å²) in [6.07, 6.45) is 2.71. The molecule has 1 aromatic heterocycles. The number of carbonyl (C=O) groups excluding carboxylic acids is 1. The van der Waals surface area contributed by atoms with Crippen molar-refractivity contribution in [3.63, 3.8) is 0 Å². The molecule has 6 heteroatoms. The van der Waals surface area contributed by atoms with E-state index in [4.69, 9.17) is 5.73 Å². The van der Waals surface area contributed by atoms with Crippen molar-refractivity contribution in [1.82, 2.24) is 9.55 Å². The predicted octanol–water partition coefficient (Wildman–Crippen LogP) is 2.96. The number of benzene rings is 2. The lowest BCUT2D eigenvalue weighted by atomic mass is 10.0. The maximum absolute atomic E-state index is 14.2. The molecule has 3 aromatic rings. The predicted molar refractivity (Wildman–Crippen MR) is 77.8 cm³/mol. The molecule has 2 aromatic carbocycles. The minimum atomic E-state index is -0.821. The van der Waals surface area contributed by atoms with Crippen LogP contribution in [0.2, 0.25) is 0 Å². The lowest BCUT2D eigenvalue weighted by molar-refractivity contribution is 0.103. The van der Waals surface area contributed by atoms with Crippen LogP contribution in [0.4, 0.5) is 14.7 Å². The maximum atomic E-state index is 14.2. The van der Waals surface area contributed by atoms with Crippen molar-refractivity contribution < 1.29 is 13.6 Å². The molecule has 0 aliphatic carbocycles. The molecule has 0 unspecified atom stereocenters. The fourth-order valence-electron chi connectivity index (χ4n) is 2.23. The summed E-state index contributed by atoms with van der Waals surface area (Å²) in [5.41, 5.74) is 5.28. The van der Waals surface area contributed by atoms with Gasteiger partial charge in [0, 0.05) is 18.0 Å². The SMILES string of the molecule is Nc1nccn1-c1c(F)ccc(F)c1C(=O)c1ccccc1. The van der Waals surface area contributed by atoms with Gasteiger partial charge in [-0.25, -0.2) is 13.8 Å². The van der Waals surface area contributed by atoms with Crippen molar-refractivity contribution in [2.45, 2.75) is 0 Å². The van der Waals surface area contributed by atoms with Gasteiger partial charge in [0.05, 0.1) is 11.3 Å². The zero-order chi connectivity index (χ0) is 15.7. The highest BCUT2D eigenvalue weighted by Gasteiger charge is 2.23. The van der Waals surface area contributed by atoms with E-state index >= 15 is 0 Å². The van der Waals surface area contributed by atoms with E-state index in [0.29, 0.717) is 0 Å². The van der Waals surface area contributed by atoms with Crippen molar-refractivity contribution in [1.29, 1.82) is 0 Å². The van der Waals surface area contributed by atoms with E-state index in [9.17, 15) is 13.6 Å². The largest absolute Gasteiger partial charge is 0.369 e. The Morgan fingerprint density at radius 2 is 1.73 bits per heavy atom. The monoisotopic (exact) mass is 299 g/mol. The molecule has 0 atom stereocenters. The fourth-order valence-corrected chi connectivity index (χ4v) is 2.23. The van der Waals surface area contributed by atoms with Crippen molar-refractivity contribution in [3.8, 4) is 5.69 Å². The van der Waals surface area contributed by atoms with Gasteiger partial charge < -0.3 is 5.73 Å². The van der Waals surface area contributed by atoms with E-state index in [2.05, 4.69) is 4.98 Å². The quantitative estimate of drug-likeness (QED) is 0.756. The Bertz CT molecular complexity index is 844. The number of rotatable bonds is 3. The number of anilines is 1. The van der Waals surface area contributed by atoms with E-state index in [1.54, 1.807) is 18.2 Å². The normalized spacial score (nSPS) is 10.6. The Labute approximate surface area is 124 Å². The van der Waals surface area contributed by atoms with Gasteiger partial charge in [-0.2, -0.15) is 0 Å². The highest BCUT2D eigenvalue weighted by atomic mass is 19.1. The average molecular weight is 299 g/mol. The minimum absolute atomic E-state index is 0.0355. The van der Waals surface area contributed by atoms with Crippen LogP contribution in [0.15, 0.2) is 54.9 Å². The first-order chi connectivity index (χ1) is 10.6. The van der Waals surface area contributed by atoms with Crippen LogP contribution in [0.25, 0.3) is 5.69 Å². The molecule has 0 fully saturated rings. The van der Waals surface area contributed by atoms with Crippen LogP contribution in [-0.4, -0.2) is 15.3 Å². The Morgan fingerprint density at radius 3 is 2.36 bits per heavy atom. The van der Waals surface area contributed by atoms with Crippen LogP contribution in [0, 0.1) is 11.6 Å². The topological polar surface area (TPSA) is 60.9 Å². The number of halogens is 2. The zero-order valence-corrected chi connectivity index (χ0v) is 11.3. The lowest BCUT2D eigenvalue weighted by Gasteiger charge is -2.13. The molecule has 4 nitrogen and oxygen atoms in total. The van der Waals surface area contributed by atoms with Gasteiger partial charge in [0.25, 0.3) is 0 Å². The molecule has 0 amide bonds. The van der Waals surface area contributed by atoms with Crippen molar-refractivity contribution in [2.75, 3.05) is 5.73 Å². The molecule has 0 bridgehead atoms. The molecule has 0 saturated heterocycles. The van der Waals surface area contributed by atoms with Gasteiger partial charge in [-0.1, -0.05) is 30.3 Å². The Kier molecular flexibility index (Phi) is 3.42. The Morgan fingerprint density at radius 1 is 1.05 bits per heavy atom. The summed E-state index contributed by atoms with van der Waals surface area (Å²) < 4.78 is 29.6. The Balaban J connectivity index is 2.26. The van der Waals surface area contributed by atoms with Crippen LogP contribution in [0.1, 0.15) is 15.9 Å². The number of imidazole rings is 1. The number of hydrogen-bond acceptors (Lipinski definition) is 3. The third-order valence-corrected chi connectivity index (χ3v) is 3.25. The fraction of sp³-hybridized carbons (Fsp3) is 0. The number of nitrogens with two attached hydrogens (primary N) is 1. The highest BCUT2D eigenvalue weighted by Crippen LogP contribution is 2.26. The van der Waals surface area contributed by atoms with E-state index in [1.165, 1.54) is 24.5 Å². The molecule has 2 N–H and O–H groups in total. The molecule has 0 radical (unpaired) electrons. The third-order valence-electron chi connectivity index (χ3n) is 3.25. The second kappa shape index (κ2) is 5.40. The van der Waals surface area contributed by atoms with Gasteiger partial charge in [-0.05, 0) is 12.1 Å². The third kappa shape index (κ3) is 2.24. The molecule has 110 valence electrons. The molecular weight excluding hydrogens is 288 g/mol. The molecule has 0 saturated carbocycles. The van der Waals surface area contributed by atoms with E-state index in [1.807, 2.05) is 0 Å². The molecular formula is C16H11F2N3O. The van der Waals surface area contributed by atoms with Gasteiger partial charge in [0.1, 0.15) is 11.6 Å². The van der Waals surface area contributed by atoms with Crippen LogP contribution >= 0.6 is 0 Å². The first kappa shape index (κ1) is 13.9. The molecule has 0 spiro atoms. The van der Waals surface area contributed by atoms with Crippen molar-refractivity contribution in [2.24, 2.45) is 0 Å². The first-order valence-electron chi connectivity index (χ1n) is 6.46. The number of hydrogen-bond donors (Lipinski definition) is 1. The number of nitrogens with zero attached hydrogens (tertiary/aromatic N) is 2. The summed E-state index contributed by atoms with van der Waals surface area (Å²) in [6, 6.07) is 9.97. The van der Waals surface area contributed by atoms with Crippen LogP contribution in [0.3, 0.4) is 0 Å². The Hall–Kier alpha value is -3.02. The van der Waals surface area contributed by atoms with Gasteiger partial charge in [-0.3, -0.25) is 9.36 Å². The van der Waals surface area contributed by atoms with Crippen LogP contribution in [0.5, 0.6) is 0 Å². The van der Waals surface area contributed by atoms with Crippen molar-refractivity contribution in [3.05, 3.63) is 77.6 Å². The lowest BCUT2D eigenvalue weighted by Crippen LogP contribution is -2.13. The summed E-state index contributed by atoms with van der Waals surface area (Å²) in [6.45, 7) is 0. The average Bonchev–Trinajstić information content (AvgIpc) is 2.95. The minimum Gasteiger partial charge on any atom is -0.369 e. The highest BCUT2D eigenvalue weighted by molar-refractivity contribution is 6.11. The molecule has 3 rings (SSSR count). The first-order valence-corrected chi connectivity index (χ1v) is 6.46. The van der Waals surface area contributed by atoms with Gasteiger partial charge in [-0.15, -0.1) is 0 Å². The van der Waals surface area contributed by atoms with Gasteiger partial charge in [0.2, 0.25) is 5.95 Å². The molecule has 0 aliphatic rings. The van der Waals surface area contributed by atoms with E-state index in [-0.39, 0.29) is 22.8 Å². The summed E-state index contributed by atoms with van der Waals surface area (Å²) in [5, 5.41) is 0. The molecule has 1 heterocycles. The van der Waals surface area contributed by atoms with Gasteiger partial charge in [0.15, 0.2) is 5.78 Å². The van der Waals surface area contributed by atoms with Gasteiger partial charge >= 0.3 is 0 Å². The van der Waals surface area contributed by atoms with Crippen LogP contribution in [-0.2, 0) is 0 Å². The van der Waals surface area contributed by atoms with Crippen LogP contribution < -0.4 is 5.73 Å². The zero-order valence-electron chi connectivity index (χ0n) is 11.3. The smallest absolute Gasteiger partial charge is 0.204 e. The maximum Gasteiger partial charge on any atom is 0.204 e. The second-order valence-corrected chi connectivity index (χ2v) is 4.60. The second-order valence-electron chi connectivity index (χ2n) is 4.60. The number of ketones is 1. The van der Waals surface area contributed by atoms with Crippen molar-refractivity contribution >= 4 is 11.7 Å². The summed E-state index contributed by atoms with van der Waals surface area (Å²) >= 11 is 0. The molecule has 0 aliphatic heterocycles. The molecule has 22 heavy (non-hydrogen) atoms. The van der Waals surface area contributed by atoms with E-state index < -0.39 is 17.4 Å². The summed E-state index contributed by atoms with van der Waals surface area (Å²) in [7, 11) is 0. The number of nitrogen functional groups attached to an aromatic ring is 1. The number of carbonyl (C=O) groups is 1.